The van der Waals surface area contributed by atoms with Crippen LogP contribution in [0.3, 0.4) is 0 Å². The van der Waals surface area contributed by atoms with Crippen LogP contribution in [-0.4, -0.2) is 62.2 Å². The van der Waals surface area contributed by atoms with E-state index in [-0.39, 0.29) is 18.2 Å². The van der Waals surface area contributed by atoms with E-state index in [2.05, 4.69) is 29.0 Å². The fourth-order valence-corrected chi connectivity index (χ4v) is 4.44. The summed E-state index contributed by atoms with van der Waals surface area (Å²) in [7, 11) is 3.09. The van der Waals surface area contributed by atoms with Crippen LogP contribution in [0, 0.1) is 11.8 Å². The van der Waals surface area contributed by atoms with Gasteiger partial charge in [-0.15, -0.1) is 0 Å². The van der Waals surface area contributed by atoms with Crippen molar-refractivity contribution in [2.45, 2.75) is 33.6 Å². The molecule has 170 valence electrons. The molecule has 0 bridgehead atoms. The highest BCUT2D eigenvalue weighted by Crippen LogP contribution is 2.37. The molecule has 0 saturated carbocycles. The molecule has 2 N–H and O–H groups in total. The molecule has 2 heterocycles. The van der Waals surface area contributed by atoms with E-state index in [4.69, 9.17) is 14.2 Å². The number of esters is 1. The number of hydrogen-bond donors (Lipinski definition) is 2. The number of hydrogen-bond acceptors (Lipinski definition) is 6. The molecule has 1 fully saturated rings. The molecule has 1 aromatic heterocycles. The van der Waals surface area contributed by atoms with Crippen molar-refractivity contribution in [3.8, 4) is 11.5 Å². The van der Waals surface area contributed by atoms with Crippen molar-refractivity contribution in [2.24, 2.45) is 11.8 Å². The molecule has 0 radical (unpaired) electrons. The second kappa shape index (κ2) is 10.0. The van der Waals surface area contributed by atoms with Crippen LogP contribution in [0.25, 0.3) is 10.9 Å². The van der Waals surface area contributed by atoms with Crippen LogP contribution < -0.4 is 14.8 Å². The Morgan fingerprint density at radius 3 is 2.39 bits per heavy atom. The van der Waals surface area contributed by atoms with Gasteiger partial charge in [0.25, 0.3) is 0 Å². The van der Waals surface area contributed by atoms with Gasteiger partial charge < -0.3 is 29.4 Å². The van der Waals surface area contributed by atoms with Gasteiger partial charge in [0.1, 0.15) is 5.69 Å². The zero-order valence-corrected chi connectivity index (χ0v) is 19.0. The normalized spacial score (nSPS) is 19.3. The summed E-state index contributed by atoms with van der Waals surface area (Å²) in [6.45, 7) is 9.19. The molecule has 3 rings (SSSR count). The molecule has 31 heavy (non-hydrogen) atoms. The van der Waals surface area contributed by atoms with E-state index in [0.717, 1.165) is 13.1 Å². The maximum absolute atomic E-state index is 12.8. The number of amides is 1. The van der Waals surface area contributed by atoms with Crippen molar-refractivity contribution in [3.05, 3.63) is 17.8 Å². The average Bonchev–Trinajstić information content (AvgIpc) is 3.08. The number of carbonyl (C=O) groups excluding carboxylic acids is 2. The van der Waals surface area contributed by atoms with Crippen molar-refractivity contribution in [3.63, 3.8) is 0 Å². The molecule has 1 saturated heterocycles. The number of aromatic nitrogens is 1. The number of anilines is 1. The fourth-order valence-electron chi connectivity index (χ4n) is 4.44. The average molecular weight is 432 g/mol. The summed E-state index contributed by atoms with van der Waals surface area (Å²) >= 11 is 0. The van der Waals surface area contributed by atoms with Gasteiger partial charge >= 0.3 is 5.97 Å². The second-order valence-corrected chi connectivity index (χ2v) is 8.35. The smallest absolute Gasteiger partial charge is 0.356 e. The summed E-state index contributed by atoms with van der Waals surface area (Å²) in [5.74, 6) is 1.64. The van der Waals surface area contributed by atoms with Crippen LogP contribution in [0.5, 0.6) is 11.5 Å². The molecule has 8 nitrogen and oxygen atoms in total. The predicted octanol–water partition coefficient (Wildman–Crippen LogP) is 3.67. The SMILES string of the molecule is CCOC(=O)c1[nH]c2cc(OC)c(OC)cc2c1NC(=O)CCN1CC(C)CC(C)C1. The standard InChI is InChI=1S/C23H33N3O5/c1-6-31-23(28)22-21(16-10-18(29-4)19(30-5)11-17(16)24-22)25-20(27)7-8-26-12-14(2)9-15(3)13-26/h10-11,14-15,24H,6-9,12-13H2,1-5H3,(H,25,27). The number of rotatable bonds is 8. The fraction of sp³-hybridized carbons (Fsp3) is 0.565. The number of piperidine rings is 1. The molecular weight excluding hydrogens is 398 g/mol. The molecule has 0 spiro atoms. The lowest BCUT2D eigenvalue weighted by molar-refractivity contribution is -0.116. The minimum atomic E-state index is -0.523. The van der Waals surface area contributed by atoms with Gasteiger partial charge in [0.15, 0.2) is 11.5 Å². The first-order chi connectivity index (χ1) is 14.9. The highest BCUT2D eigenvalue weighted by Gasteiger charge is 2.24. The lowest BCUT2D eigenvalue weighted by Crippen LogP contribution is -2.40. The van der Waals surface area contributed by atoms with Gasteiger partial charge in [-0.05, 0) is 31.2 Å². The minimum Gasteiger partial charge on any atom is -0.493 e. The quantitative estimate of drug-likeness (QED) is 0.620. The predicted molar refractivity (Wildman–Crippen MR) is 120 cm³/mol. The van der Waals surface area contributed by atoms with Crippen LogP contribution in [0.1, 0.15) is 44.1 Å². The number of ether oxygens (including phenoxy) is 3. The Hall–Kier alpha value is -2.74. The van der Waals surface area contributed by atoms with Crippen molar-refractivity contribution in [1.82, 2.24) is 9.88 Å². The largest absolute Gasteiger partial charge is 0.493 e. The summed E-state index contributed by atoms with van der Waals surface area (Å²) in [5.41, 5.74) is 1.26. The van der Waals surface area contributed by atoms with Gasteiger partial charge in [0.2, 0.25) is 5.91 Å². The van der Waals surface area contributed by atoms with Crippen LogP contribution in [-0.2, 0) is 9.53 Å². The van der Waals surface area contributed by atoms with Crippen molar-refractivity contribution >= 4 is 28.5 Å². The first kappa shape index (κ1) is 22.9. The first-order valence-electron chi connectivity index (χ1n) is 10.8. The monoisotopic (exact) mass is 431 g/mol. The Morgan fingerprint density at radius 1 is 1.13 bits per heavy atom. The summed E-state index contributed by atoms with van der Waals surface area (Å²) in [6, 6.07) is 3.49. The number of likely N-dealkylation sites (tertiary alicyclic amines) is 1. The molecule has 8 heteroatoms. The lowest BCUT2D eigenvalue weighted by atomic mass is 9.92. The van der Waals surface area contributed by atoms with Crippen LogP contribution >= 0.6 is 0 Å². The number of fused-ring (bicyclic) bond motifs is 1. The van der Waals surface area contributed by atoms with E-state index in [0.29, 0.717) is 52.9 Å². The summed E-state index contributed by atoms with van der Waals surface area (Å²) < 4.78 is 15.9. The third-order valence-electron chi connectivity index (χ3n) is 5.65. The highest BCUT2D eigenvalue weighted by atomic mass is 16.5. The second-order valence-electron chi connectivity index (χ2n) is 8.35. The first-order valence-corrected chi connectivity index (χ1v) is 10.8. The van der Waals surface area contributed by atoms with Crippen LogP contribution in [0.4, 0.5) is 5.69 Å². The third-order valence-corrected chi connectivity index (χ3v) is 5.65. The molecule has 2 aromatic rings. The number of carbonyl (C=O) groups is 2. The van der Waals surface area contributed by atoms with E-state index < -0.39 is 5.97 Å². The van der Waals surface area contributed by atoms with E-state index in [1.54, 1.807) is 33.3 Å². The van der Waals surface area contributed by atoms with Crippen molar-refractivity contribution < 1.29 is 23.8 Å². The van der Waals surface area contributed by atoms with Gasteiger partial charge in [-0.25, -0.2) is 4.79 Å². The van der Waals surface area contributed by atoms with Crippen LogP contribution in [0.15, 0.2) is 12.1 Å². The zero-order valence-electron chi connectivity index (χ0n) is 19.0. The number of nitrogens with one attached hydrogen (secondary N) is 2. The van der Waals surface area contributed by atoms with Crippen molar-refractivity contribution in [2.75, 3.05) is 45.8 Å². The number of methoxy groups -OCH3 is 2. The Morgan fingerprint density at radius 2 is 1.77 bits per heavy atom. The molecule has 2 atom stereocenters. The minimum absolute atomic E-state index is 0.146. The maximum atomic E-state index is 12.8. The van der Waals surface area contributed by atoms with Crippen molar-refractivity contribution in [1.29, 1.82) is 0 Å². The molecule has 1 aliphatic heterocycles. The molecule has 0 aliphatic carbocycles. The lowest BCUT2D eigenvalue weighted by Gasteiger charge is -2.34. The van der Waals surface area contributed by atoms with Gasteiger partial charge in [-0.3, -0.25) is 4.79 Å². The Kier molecular flexibility index (Phi) is 7.43. The zero-order chi connectivity index (χ0) is 22.5. The number of aromatic amines is 1. The molecule has 2 unspecified atom stereocenters. The van der Waals surface area contributed by atoms with Gasteiger partial charge in [-0.2, -0.15) is 0 Å². The van der Waals surface area contributed by atoms with Gasteiger partial charge in [-0.1, -0.05) is 13.8 Å². The number of benzene rings is 1. The van der Waals surface area contributed by atoms with E-state index in [1.165, 1.54) is 6.42 Å². The summed E-state index contributed by atoms with van der Waals surface area (Å²) in [6.07, 6.45) is 1.58. The van der Waals surface area contributed by atoms with Crippen LogP contribution in [0.2, 0.25) is 0 Å². The topological polar surface area (TPSA) is 92.9 Å². The molecule has 1 aromatic carbocycles. The Bertz CT molecular complexity index is 929. The molecular formula is C23H33N3O5. The Labute approximate surface area is 183 Å². The number of nitrogens with zero attached hydrogens (tertiary/aromatic N) is 1. The highest BCUT2D eigenvalue weighted by molar-refractivity contribution is 6.11. The van der Waals surface area contributed by atoms with E-state index in [1.807, 2.05) is 0 Å². The maximum Gasteiger partial charge on any atom is 0.356 e. The van der Waals surface area contributed by atoms with Gasteiger partial charge in [0, 0.05) is 37.5 Å². The summed E-state index contributed by atoms with van der Waals surface area (Å²) in [5, 5.41) is 3.59. The van der Waals surface area contributed by atoms with E-state index >= 15 is 0 Å². The molecule has 1 aliphatic rings. The summed E-state index contributed by atoms with van der Waals surface area (Å²) in [4.78, 5) is 30.7. The third kappa shape index (κ3) is 5.31. The van der Waals surface area contributed by atoms with E-state index in [9.17, 15) is 9.59 Å². The Balaban J connectivity index is 1.83. The number of H-pyrrole nitrogens is 1. The molecule has 1 amide bonds. The van der Waals surface area contributed by atoms with Gasteiger partial charge in [0.05, 0.1) is 32.0 Å².